The van der Waals surface area contributed by atoms with Crippen LogP contribution >= 0.6 is 0 Å². The zero-order valence-corrected chi connectivity index (χ0v) is 18.0. The van der Waals surface area contributed by atoms with Crippen molar-refractivity contribution >= 4 is 21.3 Å². The van der Waals surface area contributed by atoms with E-state index < -0.39 is 15.1 Å². The van der Waals surface area contributed by atoms with Crippen molar-refractivity contribution in [1.29, 1.82) is 0 Å². The Morgan fingerprint density at radius 3 is 2.27 bits per heavy atom. The van der Waals surface area contributed by atoms with E-state index in [0.717, 1.165) is 29.5 Å². The summed E-state index contributed by atoms with van der Waals surface area (Å²) in [7, 11) is -3.36. The Bertz CT molecular complexity index is 1160. The maximum atomic E-state index is 12.6. The highest BCUT2D eigenvalue weighted by Gasteiger charge is 2.27. The Balaban J connectivity index is 1.74. The van der Waals surface area contributed by atoms with Crippen LogP contribution in [-0.2, 0) is 14.6 Å². The molecule has 1 saturated heterocycles. The third-order valence-corrected chi connectivity index (χ3v) is 7.93. The summed E-state index contributed by atoms with van der Waals surface area (Å²) in [5.74, 6) is 0.358. The van der Waals surface area contributed by atoms with Gasteiger partial charge in [0.25, 0.3) is 5.56 Å². The van der Waals surface area contributed by atoms with Crippen molar-refractivity contribution in [2.75, 3.05) is 0 Å². The Labute approximate surface area is 176 Å². The second kappa shape index (κ2) is 7.87. The molecule has 1 aliphatic carbocycles. The fourth-order valence-corrected chi connectivity index (χ4v) is 4.82. The van der Waals surface area contributed by atoms with E-state index in [4.69, 9.17) is 0 Å². The number of amides is 1. The minimum absolute atomic E-state index is 0.00606. The molecule has 7 heteroatoms. The van der Waals surface area contributed by atoms with Gasteiger partial charge in [-0.15, -0.1) is 0 Å². The number of carbonyl (C=O) groups excluding carboxylic acids is 1. The van der Waals surface area contributed by atoms with Gasteiger partial charge in [0.2, 0.25) is 5.91 Å². The van der Waals surface area contributed by atoms with E-state index >= 15 is 0 Å². The summed E-state index contributed by atoms with van der Waals surface area (Å²) in [6, 6.07) is 10.4. The zero-order chi connectivity index (χ0) is 21.5. The van der Waals surface area contributed by atoms with Crippen molar-refractivity contribution in [2.45, 2.75) is 61.6 Å². The molecule has 1 aliphatic heterocycles. The van der Waals surface area contributed by atoms with Crippen LogP contribution in [0, 0.1) is 0 Å². The molecular formula is C23H26N2O4S. The van der Waals surface area contributed by atoms with E-state index in [1.54, 1.807) is 38.1 Å². The topological polar surface area (TPSA) is 96.1 Å². The van der Waals surface area contributed by atoms with Gasteiger partial charge in [-0.05, 0) is 62.8 Å². The first-order valence-electron chi connectivity index (χ1n) is 10.3. The lowest BCUT2D eigenvalue weighted by Gasteiger charge is -2.14. The fourth-order valence-electron chi connectivity index (χ4n) is 3.76. The maximum absolute atomic E-state index is 12.6. The molecule has 158 valence electrons. The van der Waals surface area contributed by atoms with Gasteiger partial charge < -0.3 is 10.3 Å². The highest BCUT2D eigenvalue weighted by Crippen LogP contribution is 2.38. The zero-order valence-electron chi connectivity index (χ0n) is 17.1. The molecule has 2 fully saturated rings. The van der Waals surface area contributed by atoms with Gasteiger partial charge in [-0.2, -0.15) is 0 Å². The molecule has 2 heterocycles. The predicted octanol–water partition coefficient (Wildman–Crippen LogP) is 3.14. The third kappa shape index (κ3) is 4.12. The average molecular weight is 427 g/mol. The summed E-state index contributed by atoms with van der Waals surface area (Å²) in [4.78, 5) is 27.5. The maximum Gasteiger partial charge on any atom is 0.251 e. The quantitative estimate of drug-likeness (QED) is 0.742. The number of pyridine rings is 1. The van der Waals surface area contributed by atoms with Crippen LogP contribution in [0.5, 0.6) is 0 Å². The molecule has 0 radical (unpaired) electrons. The van der Waals surface area contributed by atoms with E-state index in [1.807, 2.05) is 18.2 Å². The van der Waals surface area contributed by atoms with Crippen LogP contribution in [0.2, 0.25) is 0 Å². The van der Waals surface area contributed by atoms with Crippen LogP contribution in [-0.4, -0.2) is 30.6 Å². The van der Waals surface area contributed by atoms with Gasteiger partial charge in [0.15, 0.2) is 9.84 Å². The van der Waals surface area contributed by atoms with E-state index in [2.05, 4.69) is 10.3 Å². The number of sulfone groups is 1. The van der Waals surface area contributed by atoms with Gasteiger partial charge in [0.05, 0.1) is 10.1 Å². The molecule has 1 aromatic carbocycles. The number of aromatic amines is 1. The average Bonchev–Trinajstić information content (AvgIpc) is 3.47. The Hall–Kier alpha value is -2.67. The molecule has 0 bridgehead atoms. The first kappa shape index (κ1) is 20.6. The lowest BCUT2D eigenvalue weighted by molar-refractivity contribution is -0.119. The van der Waals surface area contributed by atoms with Gasteiger partial charge >= 0.3 is 0 Å². The first-order chi connectivity index (χ1) is 14.3. The van der Waals surface area contributed by atoms with E-state index in [9.17, 15) is 18.0 Å². The van der Waals surface area contributed by atoms with Crippen LogP contribution in [0.4, 0.5) is 0 Å². The molecule has 2 aliphatic rings. The summed E-state index contributed by atoms with van der Waals surface area (Å²) < 4.78 is 24.9. The number of aromatic nitrogens is 1. The minimum atomic E-state index is -3.36. The molecule has 2 N–H and O–H groups in total. The van der Waals surface area contributed by atoms with Gasteiger partial charge in [-0.25, -0.2) is 8.42 Å². The lowest BCUT2D eigenvalue weighted by atomic mass is 9.98. The molecule has 6 nitrogen and oxygen atoms in total. The lowest BCUT2D eigenvalue weighted by Crippen LogP contribution is -2.23. The predicted molar refractivity (Wildman–Crippen MR) is 116 cm³/mol. The summed E-state index contributed by atoms with van der Waals surface area (Å²) in [5, 5.41) is 2.42. The fraction of sp³-hybridized carbons (Fsp3) is 0.391. The minimum Gasteiger partial charge on any atom is -0.350 e. The van der Waals surface area contributed by atoms with E-state index in [0.29, 0.717) is 24.5 Å². The first-order valence-corrected chi connectivity index (χ1v) is 11.9. The number of nitrogens with one attached hydrogen (secondary N) is 2. The van der Waals surface area contributed by atoms with Gasteiger partial charge in [-0.3, -0.25) is 9.59 Å². The Morgan fingerprint density at radius 1 is 1.03 bits per heavy atom. The van der Waals surface area contributed by atoms with Crippen molar-refractivity contribution in [3.63, 3.8) is 0 Å². The highest BCUT2D eigenvalue weighted by molar-refractivity contribution is 7.92. The second-order valence-corrected chi connectivity index (χ2v) is 10.8. The van der Waals surface area contributed by atoms with Crippen molar-refractivity contribution in [1.82, 2.24) is 10.3 Å². The summed E-state index contributed by atoms with van der Waals surface area (Å²) in [6.07, 6.45) is 5.19. The monoisotopic (exact) mass is 426 g/mol. The van der Waals surface area contributed by atoms with Crippen LogP contribution in [0.25, 0.3) is 5.57 Å². The third-order valence-electron chi connectivity index (χ3n) is 5.76. The molecule has 1 aromatic heterocycles. The van der Waals surface area contributed by atoms with E-state index in [1.165, 1.54) is 0 Å². The second-order valence-electron chi connectivity index (χ2n) is 8.34. The molecule has 1 saturated carbocycles. The van der Waals surface area contributed by atoms with Crippen molar-refractivity contribution in [3.8, 4) is 0 Å². The molecule has 1 atom stereocenters. The Kier molecular flexibility index (Phi) is 5.40. The van der Waals surface area contributed by atoms with Crippen LogP contribution < -0.4 is 10.9 Å². The normalized spacial score (nSPS) is 19.9. The summed E-state index contributed by atoms with van der Waals surface area (Å²) in [5.41, 5.74) is 2.94. The Morgan fingerprint density at radius 2 is 1.73 bits per heavy atom. The van der Waals surface area contributed by atoms with Crippen molar-refractivity contribution < 1.29 is 13.2 Å². The molecular weight excluding hydrogens is 400 g/mol. The summed E-state index contributed by atoms with van der Waals surface area (Å²) in [6.45, 7) is 3.31. The van der Waals surface area contributed by atoms with Crippen molar-refractivity contribution in [2.24, 2.45) is 0 Å². The largest absolute Gasteiger partial charge is 0.350 e. The number of benzene rings is 1. The van der Waals surface area contributed by atoms with Gasteiger partial charge in [0, 0.05) is 29.3 Å². The van der Waals surface area contributed by atoms with Crippen molar-refractivity contribution in [3.05, 3.63) is 69.6 Å². The SMILES string of the molecule is CC(C)S(=O)(=O)c1ccc(/C(=C/[C@H]2CCC(=O)N2)c2ccc(C3CC3)c(=O)[nH]2)cc1. The smallest absolute Gasteiger partial charge is 0.251 e. The van der Waals surface area contributed by atoms with Gasteiger partial charge in [-0.1, -0.05) is 24.3 Å². The molecule has 0 spiro atoms. The summed E-state index contributed by atoms with van der Waals surface area (Å²) >= 11 is 0. The van der Waals surface area contributed by atoms with E-state index in [-0.39, 0.29) is 22.4 Å². The van der Waals surface area contributed by atoms with Crippen LogP contribution in [0.3, 0.4) is 0 Å². The number of hydrogen-bond acceptors (Lipinski definition) is 4. The molecule has 30 heavy (non-hydrogen) atoms. The van der Waals surface area contributed by atoms with Crippen LogP contribution in [0.15, 0.2) is 52.2 Å². The van der Waals surface area contributed by atoms with Crippen LogP contribution in [0.1, 0.15) is 62.3 Å². The standard InChI is InChI=1S/C23H26N2O4S/c1-14(2)30(28,29)18-8-5-16(6-9-18)20(13-17-7-12-22(26)24-17)21-11-10-19(15-3-4-15)23(27)25-21/h5-6,8-11,13-15,17H,3-4,7,12H2,1-2H3,(H,24,26)(H,25,27)/b20-13-/t17-/m1/s1. The molecule has 1 amide bonds. The number of hydrogen-bond donors (Lipinski definition) is 2. The number of carbonyl (C=O) groups is 1. The highest BCUT2D eigenvalue weighted by atomic mass is 32.2. The molecule has 2 aromatic rings. The molecule has 4 rings (SSSR count). The number of H-pyrrole nitrogens is 1. The van der Waals surface area contributed by atoms with Gasteiger partial charge in [0.1, 0.15) is 0 Å². The molecule has 0 unspecified atom stereocenters. The number of rotatable bonds is 6.